The van der Waals surface area contributed by atoms with E-state index in [0.717, 1.165) is 0 Å². The Bertz CT molecular complexity index is 424. The van der Waals surface area contributed by atoms with Crippen LogP contribution in [0.25, 0.3) is 0 Å². The summed E-state index contributed by atoms with van der Waals surface area (Å²) >= 11 is 0. The van der Waals surface area contributed by atoms with Gasteiger partial charge in [-0.3, -0.25) is 14.3 Å². The van der Waals surface area contributed by atoms with Crippen LogP contribution < -0.4 is 11.1 Å². The number of hydrogen-bond acceptors (Lipinski definition) is 4. The maximum Gasteiger partial charge on any atom is 0.273 e. The monoisotopic (exact) mass is 239 g/mol. The second-order valence-electron chi connectivity index (χ2n) is 3.90. The number of carbonyl (C=O) groups is 2. The van der Waals surface area contributed by atoms with Gasteiger partial charge in [0.15, 0.2) is 5.69 Å². The summed E-state index contributed by atoms with van der Waals surface area (Å²) in [5, 5.41) is 6.52. The Labute approximate surface area is 99.6 Å². The van der Waals surface area contributed by atoms with E-state index >= 15 is 0 Å². The number of anilines is 1. The fourth-order valence-electron chi connectivity index (χ4n) is 1.27. The summed E-state index contributed by atoms with van der Waals surface area (Å²) in [4.78, 5) is 24.4. The molecule has 0 fully saturated rings. The molecule has 17 heavy (non-hydrogen) atoms. The third-order valence-electron chi connectivity index (χ3n) is 2.20. The lowest BCUT2D eigenvalue weighted by Gasteiger charge is -2.10. The topological polar surface area (TPSA) is 93.2 Å². The highest BCUT2D eigenvalue weighted by Gasteiger charge is 2.14. The Hall–Kier alpha value is -2.05. The van der Waals surface area contributed by atoms with Crippen molar-refractivity contribution < 1.29 is 9.59 Å². The minimum absolute atomic E-state index is 0.0423. The third-order valence-corrected chi connectivity index (χ3v) is 2.20. The summed E-state index contributed by atoms with van der Waals surface area (Å²) in [7, 11) is 5.02. The molecule has 0 aliphatic carbocycles. The maximum atomic E-state index is 11.6. The van der Waals surface area contributed by atoms with E-state index in [9.17, 15) is 9.59 Å². The summed E-state index contributed by atoms with van der Waals surface area (Å²) in [6.07, 6.45) is 1.81. The second kappa shape index (κ2) is 5.33. The van der Waals surface area contributed by atoms with Crippen molar-refractivity contribution in [2.45, 2.75) is 6.42 Å². The van der Waals surface area contributed by atoms with Crippen LogP contribution in [0.4, 0.5) is 5.69 Å². The molecule has 3 N–H and O–H groups in total. The summed E-state index contributed by atoms with van der Waals surface area (Å²) < 4.78 is 1.47. The highest BCUT2D eigenvalue weighted by molar-refractivity contribution is 5.97. The van der Waals surface area contributed by atoms with Crippen LogP contribution in [0.3, 0.4) is 0 Å². The average Bonchev–Trinajstić information content (AvgIpc) is 2.57. The van der Waals surface area contributed by atoms with Crippen LogP contribution in [0.15, 0.2) is 6.20 Å². The molecule has 7 heteroatoms. The van der Waals surface area contributed by atoms with Gasteiger partial charge in [-0.05, 0) is 0 Å². The van der Waals surface area contributed by atoms with Crippen LogP contribution in [0.2, 0.25) is 0 Å². The number of nitrogens with zero attached hydrogens (tertiary/aromatic N) is 3. The highest BCUT2D eigenvalue weighted by Crippen LogP contribution is 2.07. The van der Waals surface area contributed by atoms with E-state index in [1.807, 2.05) is 0 Å². The van der Waals surface area contributed by atoms with Crippen molar-refractivity contribution in [3.05, 3.63) is 11.9 Å². The van der Waals surface area contributed by atoms with Gasteiger partial charge in [0.1, 0.15) is 0 Å². The summed E-state index contributed by atoms with van der Waals surface area (Å²) in [6, 6.07) is 0. The van der Waals surface area contributed by atoms with Crippen molar-refractivity contribution in [3.63, 3.8) is 0 Å². The molecule has 7 nitrogen and oxygen atoms in total. The van der Waals surface area contributed by atoms with Crippen LogP contribution in [0.1, 0.15) is 16.9 Å². The van der Waals surface area contributed by atoms with E-state index in [2.05, 4.69) is 10.4 Å². The first kappa shape index (κ1) is 13.0. The van der Waals surface area contributed by atoms with Crippen LogP contribution in [0, 0.1) is 0 Å². The Morgan fingerprint density at radius 3 is 2.65 bits per heavy atom. The van der Waals surface area contributed by atoms with Gasteiger partial charge in [-0.1, -0.05) is 0 Å². The highest BCUT2D eigenvalue weighted by atomic mass is 16.2. The van der Waals surface area contributed by atoms with E-state index in [0.29, 0.717) is 5.69 Å². The molecule has 0 aromatic carbocycles. The van der Waals surface area contributed by atoms with Gasteiger partial charge in [-0.15, -0.1) is 0 Å². The largest absolute Gasteiger partial charge is 0.396 e. The number of hydrogen-bond donors (Lipinski definition) is 2. The van der Waals surface area contributed by atoms with E-state index < -0.39 is 0 Å². The molecule has 0 aliphatic heterocycles. The van der Waals surface area contributed by atoms with E-state index in [4.69, 9.17) is 5.73 Å². The van der Waals surface area contributed by atoms with Gasteiger partial charge < -0.3 is 16.0 Å². The van der Waals surface area contributed by atoms with E-state index in [-0.39, 0.29) is 30.5 Å². The Morgan fingerprint density at radius 1 is 1.53 bits per heavy atom. The molecule has 0 unspecified atom stereocenters. The van der Waals surface area contributed by atoms with Gasteiger partial charge in [-0.25, -0.2) is 0 Å². The molecule has 94 valence electrons. The van der Waals surface area contributed by atoms with Crippen LogP contribution in [0.5, 0.6) is 0 Å². The summed E-state index contributed by atoms with van der Waals surface area (Å²) in [6.45, 7) is 0.270. The molecule has 1 aromatic heterocycles. The molecule has 0 bridgehead atoms. The van der Waals surface area contributed by atoms with Gasteiger partial charge in [0.25, 0.3) is 5.91 Å². The summed E-state index contributed by atoms with van der Waals surface area (Å²) in [5.41, 5.74) is 6.11. The predicted molar refractivity (Wildman–Crippen MR) is 63.3 cm³/mol. The fourth-order valence-corrected chi connectivity index (χ4v) is 1.27. The molecule has 0 atom stereocenters. The zero-order valence-corrected chi connectivity index (χ0v) is 10.2. The number of aryl methyl sites for hydroxylation is 1. The number of amides is 2. The van der Waals surface area contributed by atoms with Gasteiger partial charge in [-0.2, -0.15) is 5.10 Å². The Morgan fingerprint density at radius 2 is 2.18 bits per heavy atom. The van der Waals surface area contributed by atoms with Crippen molar-refractivity contribution in [2.75, 3.05) is 26.4 Å². The maximum absolute atomic E-state index is 11.6. The first-order chi connectivity index (χ1) is 7.91. The van der Waals surface area contributed by atoms with Crippen LogP contribution >= 0.6 is 0 Å². The van der Waals surface area contributed by atoms with Crippen molar-refractivity contribution in [1.82, 2.24) is 20.0 Å². The van der Waals surface area contributed by atoms with Crippen molar-refractivity contribution >= 4 is 17.5 Å². The molecule has 0 saturated carbocycles. The number of nitrogens with one attached hydrogen (secondary N) is 1. The lowest BCUT2D eigenvalue weighted by molar-refractivity contribution is -0.128. The Balaban J connectivity index is 2.46. The lowest BCUT2D eigenvalue weighted by Crippen LogP contribution is -2.30. The SMILES string of the molecule is CN(C)C(=O)CCNC(=O)c1nn(C)cc1N. The van der Waals surface area contributed by atoms with Crippen LogP contribution in [-0.2, 0) is 11.8 Å². The first-order valence-electron chi connectivity index (χ1n) is 5.19. The van der Waals surface area contributed by atoms with Crippen molar-refractivity contribution in [1.29, 1.82) is 0 Å². The predicted octanol–water partition coefficient (Wildman–Crippen LogP) is -0.790. The second-order valence-corrected chi connectivity index (χ2v) is 3.90. The fraction of sp³-hybridized carbons (Fsp3) is 0.500. The molecule has 0 saturated heterocycles. The number of rotatable bonds is 4. The number of nitrogens with two attached hydrogens (primary N) is 1. The van der Waals surface area contributed by atoms with Crippen molar-refractivity contribution in [3.8, 4) is 0 Å². The zero-order chi connectivity index (χ0) is 13.0. The Kier molecular flexibility index (Phi) is 4.08. The average molecular weight is 239 g/mol. The van der Waals surface area contributed by atoms with Gasteiger partial charge >= 0.3 is 0 Å². The minimum Gasteiger partial charge on any atom is -0.396 e. The standard InChI is InChI=1S/C10H17N5O2/c1-14(2)8(16)4-5-12-10(17)9-7(11)6-15(3)13-9/h6H,4-5,11H2,1-3H3,(H,12,17). The van der Waals surface area contributed by atoms with Crippen LogP contribution in [-0.4, -0.2) is 47.1 Å². The molecular formula is C10H17N5O2. The molecule has 1 heterocycles. The quantitative estimate of drug-likeness (QED) is 0.720. The number of carbonyl (C=O) groups excluding carboxylic acids is 2. The minimum atomic E-state index is -0.366. The van der Waals surface area contributed by atoms with Crippen molar-refractivity contribution in [2.24, 2.45) is 7.05 Å². The molecular weight excluding hydrogens is 222 g/mol. The lowest BCUT2D eigenvalue weighted by atomic mass is 10.3. The zero-order valence-electron chi connectivity index (χ0n) is 10.2. The molecule has 1 aromatic rings. The van der Waals surface area contributed by atoms with Gasteiger partial charge in [0.05, 0.1) is 5.69 Å². The molecule has 1 rings (SSSR count). The van der Waals surface area contributed by atoms with Gasteiger partial charge in [0, 0.05) is 40.3 Å². The molecule has 2 amide bonds. The van der Waals surface area contributed by atoms with Gasteiger partial charge in [0.2, 0.25) is 5.91 Å². The smallest absolute Gasteiger partial charge is 0.273 e. The third kappa shape index (κ3) is 3.47. The molecule has 0 radical (unpaired) electrons. The van der Waals surface area contributed by atoms with E-state index in [1.54, 1.807) is 27.3 Å². The molecule has 0 aliphatic rings. The number of aromatic nitrogens is 2. The van der Waals surface area contributed by atoms with E-state index in [1.165, 1.54) is 9.58 Å². The number of nitrogen functional groups attached to an aromatic ring is 1. The molecule has 0 spiro atoms. The summed E-state index contributed by atoms with van der Waals surface area (Å²) in [5.74, 6) is -0.408. The normalized spacial score (nSPS) is 10.1. The first-order valence-corrected chi connectivity index (χ1v) is 5.19.